The van der Waals surface area contributed by atoms with Gasteiger partial charge in [0.05, 0.1) is 11.9 Å². The Morgan fingerprint density at radius 3 is 2.35 bits per heavy atom. The van der Waals surface area contributed by atoms with Crippen LogP contribution in [0.2, 0.25) is 0 Å². The minimum absolute atomic E-state index is 0.317. The van der Waals surface area contributed by atoms with E-state index in [9.17, 15) is 4.39 Å². The number of halogens is 1. The smallest absolute Gasteiger partial charge is 0.245 e. The molecule has 0 unspecified atom stereocenters. The number of hydrogen-bond acceptors (Lipinski definition) is 7. The summed E-state index contributed by atoms with van der Waals surface area (Å²) in [7, 11) is 0. The lowest BCUT2D eigenvalue weighted by Gasteiger charge is -2.21. The normalized spacial score (nSPS) is 15.0. The Labute approximate surface area is 150 Å². The molecule has 2 aromatic heterocycles. The van der Waals surface area contributed by atoms with E-state index in [2.05, 4.69) is 34.9 Å². The molecule has 0 atom stereocenters. The maximum absolute atomic E-state index is 14.0. The average molecular weight is 351 g/mol. The standard InChI is InChI=1S/C18H18FN7/c19-15-6-2-1-5-14(15)16-13-22-24-18(23-16)26-10-4-9-25(11-12-26)17-20-7-3-8-21-17/h1-3,5-8,13H,4,9-12H2. The van der Waals surface area contributed by atoms with Crippen molar-refractivity contribution in [2.45, 2.75) is 6.42 Å². The maximum atomic E-state index is 14.0. The molecule has 1 aliphatic heterocycles. The zero-order valence-corrected chi connectivity index (χ0v) is 14.2. The summed E-state index contributed by atoms with van der Waals surface area (Å²) >= 11 is 0. The third-order valence-corrected chi connectivity index (χ3v) is 4.31. The van der Waals surface area contributed by atoms with Gasteiger partial charge in [0.15, 0.2) is 0 Å². The fourth-order valence-corrected chi connectivity index (χ4v) is 3.00. The number of rotatable bonds is 3. The molecule has 1 fully saturated rings. The van der Waals surface area contributed by atoms with Crippen LogP contribution in [0.4, 0.5) is 16.3 Å². The van der Waals surface area contributed by atoms with Crippen LogP contribution < -0.4 is 9.80 Å². The zero-order chi connectivity index (χ0) is 17.8. The Morgan fingerprint density at radius 1 is 0.846 bits per heavy atom. The lowest BCUT2D eigenvalue weighted by molar-refractivity contribution is 0.630. The van der Waals surface area contributed by atoms with Crippen molar-refractivity contribution in [1.82, 2.24) is 25.1 Å². The lowest BCUT2D eigenvalue weighted by atomic mass is 10.1. The minimum atomic E-state index is -0.317. The average Bonchev–Trinajstić information content (AvgIpc) is 2.95. The van der Waals surface area contributed by atoms with E-state index < -0.39 is 0 Å². The van der Waals surface area contributed by atoms with Crippen LogP contribution in [0.5, 0.6) is 0 Å². The number of nitrogens with zero attached hydrogens (tertiary/aromatic N) is 7. The summed E-state index contributed by atoms with van der Waals surface area (Å²) in [5.41, 5.74) is 0.915. The Kier molecular flexibility index (Phi) is 4.63. The van der Waals surface area contributed by atoms with Gasteiger partial charge in [0, 0.05) is 44.1 Å². The Balaban J connectivity index is 1.53. The van der Waals surface area contributed by atoms with Gasteiger partial charge in [0.2, 0.25) is 11.9 Å². The van der Waals surface area contributed by atoms with Crippen molar-refractivity contribution < 1.29 is 4.39 Å². The molecule has 8 heteroatoms. The zero-order valence-electron chi connectivity index (χ0n) is 14.2. The highest BCUT2D eigenvalue weighted by atomic mass is 19.1. The second kappa shape index (κ2) is 7.38. The van der Waals surface area contributed by atoms with E-state index in [1.807, 2.05) is 0 Å². The van der Waals surface area contributed by atoms with Gasteiger partial charge in [-0.15, -0.1) is 5.10 Å². The Morgan fingerprint density at radius 2 is 1.58 bits per heavy atom. The summed E-state index contributed by atoms with van der Waals surface area (Å²) in [5.74, 6) is 0.928. The molecule has 0 amide bonds. The molecule has 1 saturated heterocycles. The topological polar surface area (TPSA) is 70.9 Å². The van der Waals surface area contributed by atoms with Crippen LogP contribution in [0.1, 0.15) is 6.42 Å². The molecular formula is C18H18FN7. The number of anilines is 2. The van der Waals surface area contributed by atoms with Crippen molar-refractivity contribution >= 4 is 11.9 Å². The van der Waals surface area contributed by atoms with Crippen LogP contribution in [-0.4, -0.2) is 51.3 Å². The summed E-state index contributed by atoms with van der Waals surface area (Å²) in [6.45, 7) is 3.14. The molecule has 4 rings (SSSR count). The first-order chi connectivity index (χ1) is 12.8. The van der Waals surface area contributed by atoms with E-state index in [0.29, 0.717) is 17.2 Å². The van der Waals surface area contributed by atoms with Crippen LogP contribution in [0.15, 0.2) is 48.9 Å². The molecule has 0 spiro atoms. The van der Waals surface area contributed by atoms with E-state index in [4.69, 9.17) is 0 Å². The first-order valence-corrected chi connectivity index (χ1v) is 8.53. The molecular weight excluding hydrogens is 333 g/mol. The first-order valence-electron chi connectivity index (χ1n) is 8.53. The largest absolute Gasteiger partial charge is 0.339 e. The van der Waals surface area contributed by atoms with Crippen LogP contribution in [-0.2, 0) is 0 Å². The van der Waals surface area contributed by atoms with Gasteiger partial charge in [-0.1, -0.05) is 12.1 Å². The first kappa shape index (κ1) is 16.3. The van der Waals surface area contributed by atoms with E-state index in [1.54, 1.807) is 36.7 Å². The molecule has 0 aliphatic carbocycles. The molecule has 0 N–H and O–H groups in total. The third-order valence-electron chi connectivity index (χ3n) is 4.31. The summed E-state index contributed by atoms with van der Waals surface area (Å²) in [6, 6.07) is 8.36. The fraction of sp³-hybridized carbons (Fsp3) is 0.278. The molecule has 132 valence electrons. The van der Waals surface area contributed by atoms with Gasteiger partial charge in [-0.3, -0.25) is 0 Å². The number of benzene rings is 1. The molecule has 3 aromatic rings. The summed E-state index contributed by atoms with van der Waals surface area (Å²) in [4.78, 5) is 17.4. The van der Waals surface area contributed by atoms with Crippen molar-refractivity contribution in [1.29, 1.82) is 0 Å². The van der Waals surface area contributed by atoms with Crippen molar-refractivity contribution in [3.63, 3.8) is 0 Å². The molecule has 1 aliphatic rings. The summed E-state index contributed by atoms with van der Waals surface area (Å²) in [6.07, 6.45) is 5.90. The predicted octanol–water partition coefficient (Wildman–Crippen LogP) is 2.18. The van der Waals surface area contributed by atoms with E-state index in [0.717, 1.165) is 38.5 Å². The van der Waals surface area contributed by atoms with Crippen LogP contribution in [0, 0.1) is 5.82 Å². The fourth-order valence-electron chi connectivity index (χ4n) is 3.00. The van der Waals surface area contributed by atoms with Gasteiger partial charge in [-0.2, -0.15) is 5.10 Å². The second-order valence-corrected chi connectivity index (χ2v) is 6.00. The van der Waals surface area contributed by atoms with Crippen LogP contribution in [0.25, 0.3) is 11.3 Å². The van der Waals surface area contributed by atoms with Crippen LogP contribution >= 0.6 is 0 Å². The van der Waals surface area contributed by atoms with Crippen molar-refractivity contribution in [3.05, 3.63) is 54.7 Å². The SMILES string of the molecule is Fc1ccccc1-c1cnnc(N2CCCN(c3ncccn3)CC2)n1. The van der Waals surface area contributed by atoms with E-state index in [1.165, 1.54) is 12.3 Å². The minimum Gasteiger partial charge on any atom is -0.339 e. The molecule has 0 radical (unpaired) electrons. The molecule has 3 heterocycles. The lowest BCUT2D eigenvalue weighted by Crippen LogP contribution is -2.32. The molecule has 1 aromatic carbocycles. The maximum Gasteiger partial charge on any atom is 0.245 e. The Hall–Kier alpha value is -3.16. The molecule has 26 heavy (non-hydrogen) atoms. The van der Waals surface area contributed by atoms with Gasteiger partial charge in [0.1, 0.15) is 5.82 Å². The van der Waals surface area contributed by atoms with Gasteiger partial charge < -0.3 is 9.80 Å². The van der Waals surface area contributed by atoms with Gasteiger partial charge in [-0.05, 0) is 24.6 Å². The highest BCUT2D eigenvalue weighted by Gasteiger charge is 2.19. The summed E-state index contributed by atoms with van der Waals surface area (Å²) in [5, 5.41) is 8.18. The van der Waals surface area contributed by atoms with Gasteiger partial charge in [-0.25, -0.2) is 19.3 Å². The quantitative estimate of drug-likeness (QED) is 0.716. The van der Waals surface area contributed by atoms with Crippen molar-refractivity contribution in [2.75, 3.05) is 36.0 Å². The van der Waals surface area contributed by atoms with Gasteiger partial charge in [0.25, 0.3) is 0 Å². The molecule has 0 saturated carbocycles. The monoisotopic (exact) mass is 351 g/mol. The molecule has 0 bridgehead atoms. The predicted molar refractivity (Wildman–Crippen MR) is 96.3 cm³/mol. The third kappa shape index (κ3) is 3.44. The molecule has 7 nitrogen and oxygen atoms in total. The van der Waals surface area contributed by atoms with E-state index in [-0.39, 0.29) is 5.82 Å². The van der Waals surface area contributed by atoms with Crippen molar-refractivity contribution in [3.8, 4) is 11.3 Å². The second-order valence-electron chi connectivity index (χ2n) is 6.00. The van der Waals surface area contributed by atoms with Gasteiger partial charge >= 0.3 is 0 Å². The number of hydrogen-bond donors (Lipinski definition) is 0. The van der Waals surface area contributed by atoms with Crippen molar-refractivity contribution in [2.24, 2.45) is 0 Å². The highest BCUT2D eigenvalue weighted by Crippen LogP contribution is 2.21. The van der Waals surface area contributed by atoms with Crippen LogP contribution in [0.3, 0.4) is 0 Å². The Bertz CT molecular complexity index is 874. The van der Waals surface area contributed by atoms with E-state index >= 15 is 0 Å². The summed E-state index contributed by atoms with van der Waals surface area (Å²) < 4.78 is 14.0. The number of aromatic nitrogens is 5. The highest BCUT2D eigenvalue weighted by molar-refractivity contribution is 5.59.